The Morgan fingerprint density at radius 2 is 1.40 bits per heavy atom. The van der Waals surface area contributed by atoms with Crippen molar-refractivity contribution >= 4 is 30.1 Å². The number of allylic oxidation sites excluding steroid dienone is 7. The zero-order valence-corrected chi connectivity index (χ0v) is 35.4. The highest BCUT2D eigenvalue weighted by Crippen LogP contribution is 2.31. The molecule has 2 aromatic carbocycles. The number of ether oxygens (including phenoxy) is 6. The highest BCUT2D eigenvalue weighted by Gasteiger charge is 2.39. The van der Waals surface area contributed by atoms with Gasteiger partial charge < -0.3 is 33.5 Å². The molecule has 2 aromatic rings. The van der Waals surface area contributed by atoms with Gasteiger partial charge in [-0.3, -0.25) is 4.79 Å². The van der Waals surface area contributed by atoms with Gasteiger partial charge in [0, 0.05) is 12.2 Å². The van der Waals surface area contributed by atoms with Gasteiger partial charge in [0.25, 0.3) is 0 Å². The number of aliphatic hydroxyl groups excluding tert-OH is 1. The van der Waals surface area contributed by atoms with E-state index in [1.165, 1.54) is 12.2 Å². The van der Waals surface area contributed by atoms with Crippen molar-refractivity contribution in [3.8, 4) is 11.5 Å². The highest BCUT2D eigenvalue weighted by molar-refractivity contribution is 5.88. The van der Waals surface area contributed by atoms with Gasteiger partial charge in [-0.15, -0.1) is 0 Å². The fourth-order valence-corrected chi connectivity index (χ4v) is 6.73. The summed E-state index contributed by atoms with van der Waals surface area (Å²) < 4.78 is 34.7. The molecule has 10 heteroatoms. The molecule has 2 heterocycles. The summed E-state index contributed by atoms with van der Waals surface area (Å²) in [5.74, 6) is -1.41. The molecule has 2 aliphatic heterocycles. The zero-order valence-electron chi connectivity index (χ0n) is 35.4. The van der Waals surface area contributed by atoms with Gasteiger partial charge in [0.05, 0.1) is 32.3 Å². The van der Waals surface area contributed by atoms with Gasteiger partial charge in [0.2, 0.25) is 0 Å². The smallest absolute Gasteiger partial charge is 0.331 e. The molecule has 2 bridgehead atoms. The second-order valence-corrected chi connectivity index (χ2v) is 15.2. The maximum Gasteiger partial charge on any atom is 0.331 e. The molecule has 1 N–H and O–H groups in total. The van der Waals surface area contributed by atoms with E-state index in [0.29, 0.717) is 43.6 Å². The van der Waals surface area contributed by atoms with Crippen LogP contribution >= 0.6 is 0 Å². The molecule has 0 spiro atoms. The molecule has 320 valence electrons. The number of methoxy groups -OCH3 is 2. The van der Waals surface area contributed by atoms with Crippen LogP contribution in [0.4, 0.5) is 0 Å². The standard InChI is InChI=1S/C50H60O10/c1-34(2)13-12-14-35(3)33-37(5)49-48(53)45-30-29-42(57-45)16-9-11-18-44(59-47(52)32-24-39-21-27-41(56-7)28-22-39)43(17-10-8-15-36(4)50(54)60-49)58-46(51)31-23-38-19-25-40(55-6)26-20-38/h8,10-12,14-15,17-28,31-32,36-37,42-45,48-49,53H,1,3,9,13,16,29-30,33H2,2,4-7H3/b14-12+,15-8+,17-10+,18-11-,31-23+,32-24+/t36-,37-,42+,43-,44-,45+,48-,49-/m1/s1. The Labute approximate surface area is 355 Å². The lowest BCUT2D eigenvalue weighted by Crippen LogP contribution is -2.44. The number of carbonyl (C=O) groups is 3. The van der Waals surface area contributed by atoms with E-state index in [4.69, 9.17) is 28.4 Å². The van der Waals surface area contributed by atoms with Crippen LogP contribution in [0.2, 0.25) is 0 Å². The van der Waals surface area contributed by atoms with Crippen molar-refractivity contribution in [1.29, 1.82) is 0 Å². The molecule has 0 radical (unpaired) electrons. The molecule has 1 saturated heterocycles. The Balaban J connectivity index is 1.60. The first kappa shape index (κ1) is 47.0. The summed E-state index contributed by atoms with van der Waals surface area (Å²) in [7, 11) is 3.15. The van der Waals surface area contributed by atoms with Crippen molar-refractivity contribution in [3.05, 3.63) is 145 Å². The van der Waals surface area contributed by atoms with Crippen LogP contribution in [0.3, 0.4) is 0 Å². The quantitative estimate of drug-likeness (QED) is 0.0648. The molecule has 0 aromatic heterocycles. The number of aliphatic hydroxyl groups is 1. The number of hydrogen-bond acceptors (Lipinski definition) is 10. The minimum absolute atomic E-state index is 0.160. The average molecular weight is 821 g/mol. The molecule has 0 saturated carbocycles. The molecule has 60 heavy (non-hydrogen) atoms. The predicted octanol–water partition coefficient (Wildman–Crippen LogP) is 9.28. The van der Waals surface area contributed by atoms with E-state index in [1.54, 1.807) is 100 Å². The van der Waals surface area contributed by atoms with Crippen LogP contribution in [0.5, 0.6) is 11.5 Å². The largest absolute Gasteiger partial charge is 0.497 e. The first-order valence-corrected chi connectivity index (χ1v) is 20.4. The molecule has 0 unspecified atom stereocenters. The van der Waals surface area contributed by atoms with Crippen LogP contribution in [0, 0.1) is 11.8 Å². The van der Waals surface area contributed by atoms with Gasteiger partial charge in [0.1, 0.15) is 23.7 Å². The number of cyclic esters (lactones) is 1. The lowest BCUT2D eigenvalue weighted by Gasteiger charge is -2.32. The van der Waals surface area contributed by atoms with Gasteiger partial charge in [-0.25, -0.2) is 9.59 Å². The molecule has 4 rings (SSSR count). The maximum atomic E-state index is 13.6. The summed E-state index contributed by atoms with van der Waals surface area (Å²) in [5.41, 5.74) is 3.40. The summed E-state index contributed by atoms with van der Waals surface area (Å²) in [6.07, 6.45) is 19.0. The number of rotatable bonds is 14. The van der Waals surface area contributed by atoms with Gasteiger partial charge in [-0.1, -0.05) is 91.9 Å². The van der Waals surface area contributed by atoms with Gasteiger partial charge >= 0.3 is 17.9 Å². The molecular formula is C50H60O10. The van der Waals surface area contributed by atoms with Crippen LogP contribution in [-0.4, -0.2) is 73.9 Å². The number of esters is 3. The average Bonchev–Trinajstić information content (AvgIpc) is 3.72. The fourth-order valence-electron chi connectivity index (χ4n) is 6.73. The number of benzene rings is 2. The monoisotopic (exact) mass is 820 g/mol. The summed E-state index contributed by atoms with van der Waals surface area (Å²) in [5, 5.41) is 11.7. The molecule has 0 aliphatic carbocycles. The Kier molecular flexibility index (Phi) is 19.1. The molecule has 10 nitrogen and oxygen atoms in total. The van der Waals surface area contributed by atoms with Gasteiger partial charge in [-0.2, -0.15) is 0 Å². The normalized spacial score (nSPS) is 26.0. The van der Waals surface area contributed by atoms with E-state index in [9.17, 15) is 19.5 Å². The van der Waals surface area contributed by atoms with Crippen LogP contribution in [-0.2, 0) is 33.3 Å². The third-order valence-electron chi connectivity index (χ3n) is 10.1. The molecule has 1 fully saturated rings. The van der Waals surface area contributed by atoms with Crippen molar-refractivity contribution in [2.45, 2.75) is 95.9 Å². The fraction of sp³-hybridized carbons (Fsp3) is 0.380. The van der Waals surface area contributed by atoms with Crippen molar-refractivity contribution in [1.82, 2.24) is 0 Å². The van der Waals surface area contributed by atoms with Crippen molar-refractivity contribution in [2.24, 2.45) is 11.8 Å². The first-order chi connectivity index (χ1) is 28.8. The van der Waals surface area contributed by atoms with Crippen molar-refractivity contribution in [3.63, 3.8) is 0 Å². The highest BCUT2D eigenvalue weighted by atomic mass is 16.6. The van der Waals surface area contributed by atoms with E-state index in [-0.39, 0.29) is 12.0 Å². The summed E-state index contributed by atoms with van der Waals surface area (Å²) in [6.45, 7) is 13.7. The van der Waals surface area contributed by atoms with E-state index in [2.05, 4.69) is 13.2 Å². The topological polar surface area (TPSA) is 127 Å². The molecular weight excluding hydrogens is 761 g/mol. The Hall–Kier alpha value is -5.71. The molecule has 8 atom stereocenters. The van der Waals surface area contributed by atoms with Crippen LogP contribution in [0.25, 0.3) is 12.2 Å². The second-order valence-electron chi connectivity index (χ2n) is 15.2. The van der Waals surface area contributed by atoms with Gasteiger partial charge in [-0.05, 0) is 118 Å². The first-order valence-electron chi connectivity index (χ1n) is 20.4. The van der Waals surface area contributed by atoms with Crippen molar-refractivity contribution in [2.75, 3.05) is 14.2 Å². The van der Waals surface area contributed by atoms with Gasteiger partial charge in [0.15, 0.2) is 12.2 Å². The van der Waals surface area contributed by atoms with E-state index < -0.39 is 54.3 Å². The zero-order chi connectivity index (χ0) is 43.4. The predicted molar refractivity (Wildman–Crippen MR) is 235 cm³/mol. The minimum atomic E-state index is -1.05. The van der Waals surface area contributed by atoms with Crippen LogP contribution < -0.4 is 9.47 Å². The third kappa shape index (κ3) is 15.8. The third-order valence-corrected chi connectivity index (χ3v) is 10.1. The van der Waals surface area contributed by atoms with E-state index in [1.807, 2.05) is 44.2 Å². The van der Waals surface area contributed by atoms with E-state index in [0.717, 1.165) is 28.7 Å². The number of hydrogen-bond donors (Lipinski definition) is 1. The van der Waals surface area contributed by atoms with E-state index >= 15 is 0 Å². The summed E-state index contributed by atoms with van der Waals surface area (Å²) >= 11 is 0. The van der Waals surface area contributed by atoms with Crippen LogP contribution in [0.15, 0.2) is 134 Å². The number of fused-ring (bicyclic) bond motifs is 2. The lowest BCUT2D eigenvalue weighted by atomic mass is 9.89. The molecule has 0 amide bonds. The second kappa shape index (κ2) is 24.4. The van der Waals surface area contributed by atoms with Crippen LogP contribution in [0.1, 0.15) is 70.4 Å². The lowest BCUT2D eigenvalue weighted by molar-refractivity contribution is -0.170. The summed E-state index contributed by atoms with van der Waals surface area (Å²) in [6, 6.07) is 14.4. The molecule has 2 aliphatic rings. The minimum Gasteiger partial charge on any atom is -0.497 e. The Morgan fingerprint density at radius 1 is 0.833 bits per heavy atom. The maximum absolute atomic E-state index is 13.6. The Bertz CT molecular complexity index is 1920. The Morgan fingerprint density at radius 3 is 1.97 bits per heavy atom. The SMILES string of the molecule is C=C(C)C/C=C/C(=C)C[C@@H](C)[C@H]1OC(=O)[C@H](C)/C=C/C=C/[C@@H](OC(=O)/C=C/c2ccc(OC)cc2)[C@H](OC(=O)/C=C/c2ccc(OC)cc2)/C=C\CC[C@H]2CC[C@H](O2)[C@H]1O. The number of carbonyl (C=O) groups excluding carboxylic acids is 3. The summed E-state index contributed by atoms with van der Waals surface area (Å²) in [4.78, 5) is 40.1. The van der Waals surface area contributed by atoms with Crippen molar-refractivity contribution < 1.29 is 47.9 Å².